The van der Waals surface area contributed by atoms with Gasteiger partial charge in [-0.15, -0.1) is 0 Å². The number of methoxy groups -OCH3 is 2. The molecule has 2 amide bonds. The van der Waals surface area contributed by atoms with Crippen LogP contribution < -0.4 is 14.8 Å². The van der Waals surface area contributed by atoms with Crippen molar-refractivity contribution >= 4 is 17.8 Å². The Hall–Kier alpha value is -2.77. The lowest BCUT2D eigenvalue weighted by Gasteiger charge is -2.29. The van der Waals surface area contributed by atoms with Crippen molar-refractivity contribution in [2.45, 2.75) is 51.3 Å². The van der Waals surface area contributed by atoms with Gasteiger partial charge in [0.1, 0.15) is 11.6 Å². The van der Waals surface area contributed by atoms with Gasteiger partial charge in [-0.3, -0.25) is 14.5 Å². The molecule has 1 aromatic carbocycles. The van der Waals surface area contributed by atoms with Gasteiger partial charge in [0.15, 0.2) is 11.5 Å². The Kier molecular flexibility index (Phi) is 6.06. The van der Waals surface area contributed by atoms with Crippen molar-refractivity contribution in [3.05, 3.63) is 23.3 Å². The maximum Gasteiger partial charge on any atom is 0.344 e. The molecule has 0 unspecified atom stereocenters. The Labute approximate surface area is 164 Å². The third-order valence-electron chi connectivity index (χ3n) is 5.16. The number of likely N-dealkylation sites (tertiary alicyclic amines) is 1. The smallest absolute Gasteiger partial charge is 0.344 e. The molecule has 2 atom stereocenters. The standard InChI is InChI=1S/C20H26N2O6/c1-4-5-6-11-21-18(24)13-8-10-15(23)22(13)19-12-7-9-14(26-2)17(27-3)16(12)20(25)28-19/h7,9,13,19H,4-6,8,10-11H2,1-3H3,(H,21,24)/t13-,19-/m1/s1. The molecule has 8 nitrogen and oxygen atoms in total. The molecule has 152 valence electrons. The first-order valence-corrected chi connectivity index (χ1v) is 9.58. The van der Waals surface area contributed by atoms with E-state index in [1.54, 1.807) is 12.1 Å². The molecule has 1 saturated heterocycles. The molecule has 1 N–H and O–H groups in total. The maximum absolute atomic E-state index is 12.6. The second-order valence-corrected chi connectivity index (χ2v) is 6.88. The molecule has 0 aliphatic carbocycles. The number of carbonyl (C=O) groups is 3. The number of nitrogens with zero attached hydrogens (tertiary/aromatic N) is 1. The van der Waals surface area contributed by atoms with Crippen molar-refractivity contribution in [3.8, 4) is 11.5 Å². The summed E-state index contributed by atoms with van der Waals surface area (Å²) in [6.07, 6.45) is 2.68. The van der Waals surface area contributed by atoms with E-state index in [4.69, 9.17) is 14.2 Å². The molecular formula is C20H26N2O6. The van der Waals surface area contributed by atoms with E-state index < -0.39 is 18.2 Å². The minimum Gasteiger partial charge on any atom is -0.493 e. The van der Waals surface area contributed by atoms with E-state index in [2.05, 4.69) is 12.2 Å². The first-order valence-electron chi connectivity index (χ1n) is 9.58. The topological polar surface area (TPSA) is 94.2 Å². The summed E-state index contributed by atoms with van der Waals surface area (Å²) < 4.78 is 16.1. The summed E-state index contributed by atoms with van der Waals surface area (Å²) in [4.78, 5) is 39.1. The number of unbranched alkanes of at least 4 members (excludes halogenated alkanes) is 2. The number of hydrogen-bond acceptors (Lipinski definition) is 6. The van der Waals surface area contributed by atoms with Crippen LogP contribution in [-0.2, 0) is 14.3 Å². The van der Waals surface area contributed by atoms with E-state index in [9.17, 15) is 14.4 Å². The number of benzene rings is 1. The van der Waals surface area contributed by atoms with Crippen LogP contribution in [0.15, 0.2) is 12.1 Å². The van der Waals surface area contributed by atoms with Crippen LogP contribution in [0.5, 0.6) is 11.5 Å². The van der Waals surface area contributed by atoms with Crippen molar-refractivity contribution in [1.29, 1.82) is 0 Å². The third kappa shape index (κ3) is 3.50. The Morgan fingerprint density at radius 1 is 1.25 bits per heavy atom. The number of nitrogens with one attached hydrogen (secondary N) is 1. The van der Waals surface area contributed by atoms with Gasteiger partial charge in [0.05, 0.1) is 14.2 Å². The molecule has 2 aliphatic rings. The van der Waals surface area contributed by atoms with E-state index in [1.807, 2.05) is 0 Å². The van der Waals surface area contributed by atoms with Crippen molar-refractivity contribution in [2.24, 2.45) is 0 Å². The number of ether oxygens (including phenoxy) is 3. The number of esters is 1. The summed E-state index contributed by atoms with van der Waals surface area (Å²) in [6.45, 7) is 2.66. The predicted octanol–water partition coefficient (Wildman–Crippen LogP) is 2.17. The average molecular weight is 390 g/mol. The first kappa shape index (κ1) is 20.0. The molecule has 3 rings (SSSR count). The third-order valence-corrected chi connectivity index (χ3v) is 5.16. The minimum absolute atomic E-state index is 0.214. The maximum atomic E-state index is 12.6. The SMILES string of the molecule is CCCCCNC(=O)[C@H]1CCC(=O)N1[C@@H]1OC(=O)c2c1ccc(OC)c2OC. The summed E-state index contributed by atoms with van der Waals surface area (Å²) in [5.41, 5.74) is 0.732. The largest absolute Gasteiger partial charge is 0.493 e. The first-order chi connectivity index (χ1) is 13.5. The zero-order valence-electron chi connectivity index (χ0n) is 16.4. The zero-order chi connectivity index (χ0) is 20.3. The number of hydrogen-bond donors (Lipinski definition) is 1. The minimum atomic E-state index is -0.941. The predicted molar refractivity (Wildman–Crippen MR) is 100 cm³/mol. The Balaban J connectivity index is 1.86. The van der Waals surface area contributed by atoms with Crippen molar-refractivity contribution in [1.82, 2.24) is 10.2 Å². The number of cyclic esters (lactones) is 1. The second-order valence-electron chi connectivity index (χ2n) is 6.88. The van der Waals surface area contributed by atoms with Gasteiger partial charge in [-0.05, 0) is 25.0 Å². The Morgan fingerprint density at radius 2 is 2.04 bits per heavy atom. The number of rotatable bonds is 8. The molecule has 2 aliphatic heterocycles. The lowest BCUT2D eigenvalue weighted by atomic mass is 10.1. The van der Waals surface area contributed by atoms with Gasteiger partial charge in [-0.1, -0.05) is 19.8 Å². The summed E-state index contributed by atoms with van der Waals surface area (Å²) in [6, 6.07) is 2.67. The number of carbonyl (C=O) groups excluding carboxylic acids is 3. The van der Waals surface area contributed by atoms with Gasteiger partial charge in [0.2, 0.25) is 18.0 Å². The van der Waals surface area contributed by atoms with Gasteiger partial charge >= 0.3 is 5.97 Å². The highest BCUT2D eigenvalue weighted by Gasteiger charge is 2.47. The lowest BCUT2D eigenvalue weighted by Crippen LogP contribution is -2.46. The fourth-order valence-electron chi connectivity index (χ4n) is 3.75. The molecule has 28 heavy (non-hydrogen) atoms. The molecule has 0 bridgehead atoms. The lowest BCUT2D eigenvalue weighted by molar-refractivity contribution is -0.145. The Morgan fingerprint density at radius 3 is 2.71 bits per heavy atom. The molecule has 0 radical (unpaired) electrons. The Bertz CT molecular complexity index is 778. The normalized spacial score (nSPS) is 20.8. The van der Waals surface area contributed by atoms with Crippen molar-refractivity contribution in [2.75, 3.05) is 20.8 Å². The van der Waals surface area contributed by atoms with Gasteiger partial charge < -0.3 is 19.5 Å². The zero-order valence-corrected chi connectivity index (χ0v) is 16.4. The average Bonchev–Trinajstić information content (AvgIpc) is 3.24. The van der Waals surface area contributed by atoms with Crippen LogP contribution in [0, 0.1) is 0 Å². The van der Waals surface area contributed by atoms with Crippen LogP contribution in [0.1, 0.15) is 61.2 Å². The molecule has 2 heterocycles. The summed E-state index contributed by atoms with van der Waals surface area (Å²) in [5.74, 6) is -0.366. The number of amides is 2. The monoisotopic (exact) mass is 390 g/mol. The molecule has 0 spiro atoms. The summed E-state index contributed by atoms with van der Waals surface area (Å²) >= 11 is 0. The molecule has 0 saturated carbocycles. The van der Waals surface area contributed by atoms with Crippen LogP contribution in [0.4, 0.5) is 0 Å². The highest BCUT2D eigenvalue weighted by molar-refractivity contribution is 5.99. The summed E-state index contributed by atoms with van der Waals surface area (Å²) in [5, 5.41) is 2.89. The number of fused-ring (bicyclic) bond motifs is 1. The van der Waals surface area contributed by atoms with Crippen molar-refractivity contribution in [3.63, 3.8) is 0 Å². The van der Waals surface area contributed by atoms with Crippen LogP contribution in [0.2, 0.25) is 0 Å². The van der Waals surface area contributed by atoms with Crippen LogP contribution in [-0.4, -0.2) is 49.5 Å². The van der Waals surface area contributed by atoms with E-state index in [1.165, 1.54) is 19.1 Å². The summed E-state index contributed by atoms with van der Waals surface area (Å²) in [7, 11) is 2.91. The van der Waals surface area contributed by atoms with Gasteiger partial charge in [-0.25, -0.2) is 4.79 Å². The fourth-order valence-corrected chi connectivity index (χ4v) is 3.75. The van der Waals surface area contributed by atoms with Gasteiger partial charge in [0, 0.05) is 18.5 Å². The van der Waals surface area contributed by atoms with Crippen LogP contribution in [0.25, 0.3) is 0 Å². The molecular weight excluding hydrogens is 364 g/mol. The van der Waals surface area contributed by atoms with E-state index in [0.29, 0.717) is 24.3 Å². The van der Waals surface area contributed by atoms with E-state index in [-0.39, 0.29) is 29.5 Å². The second kappa shape index (κ2) is 8.50. The molecule has 8 heteroatoms. The molecule has 0 aromatic heterocycles. The van der Waals surface area contributed by atoms with Gasteiger partial charge in [0.25, 0.3) is 0 Å². The highest BCUT2D eigenvalue weighted by Crippen LogP contribution is 2.45. The van der Waals surface area contributed by atoms with Crippen LogP contribution >= 0.6 is 0 Å². The molecule has 1 fully saturated rings. The fraction of sp³-hybridized carbons (Fsp3) is 0.550. The van der Waals surface area contributed by atoms with Crippen molar-refractivity contribution < 1.29 is 28.6 Å². The van der Waals surface area contributed by atoms with E-state index in [0.717, 1.165) is 19.3 Å². The van der Waals surface area contributed by atoms with Gasteiger partial charge in [-0.2, -0.15) is 0 Å². The highest BCUT2D eigenvalue weighted by atomic mass is 16.6. The van der Waals surface area contributed by atoms with Crippen LogP contribution in [0.3, 0.4) is 0 Å². The van der Waals surface area contributed by atoms with E-state index >= 15 is 0 Å². The quantitative estimate of drug-likeness (QED) is 0.540. The molecule has 1 aromatic rings.